The molecule has 0 radical (unpaired) electrons. The molecular weight excluding hydrogens is 352 g/mol. The highest BCUT2D eigenvalue weighted by Crippen LogP contribution is 2.25. The van der Waals surface area contributed by atoms with Crippen molar-refractivity contribution in [2.45, 2.75) is 19.4 Å². The molecule has 1 aliphatic rings. The number of aromatic hydroxyl groups is 1. The van der Waals surface area contributed by atoms with Crippen molar-refractivity contribution in [3.05, 3.63) is 71.1 Å². The van der Waals surface area contributed by atoms with Crippen molar-refractivity contribution in [3.63, 3.8) is 0 Å². The Morgan fingerprint density at radius 2 is 1.96 bits per heavy atom. The molecule has 0 unspecified atom stereocenters. The third-order valence-corrected chi connectivity index (χ3v) is 4.66. The highest BCUT2D eigenvalue weighted by molar-refractivity contribution is 5.79. The van der Waals surface area contributed by atoms with Crippen LogP contribution >= 0.6 is 0 Å². The minimum absolute atomic E-state index is 0.0320. The van der Waals surface area contributed by atoms with Gasteiger partial charge in [-0.1, -0.05) is 12.1 Å². The van der Waals surface area contributed by atoms with E-state index in [1.165, 1.54) is 12.1 Å². The molecule has 1 aliphatic heterocycles. The summed E-state index contributed by atoms with van der Waals surface area (Å²) < 4.78 is 27.1. The van der Waals surface area contributed by atoms with E-state index in [2.05, 4.69) is 9.97 Å². The van der Waals surface area contributed by atoms with Crippen LogP contribution in [0.4, 0.5) is 8.78 Å². The molecule has 3 aromatic rings. The third kappa shape index (κ3) is 3.53. The van der Waals surface area contributed by atoms with Crippen LogP contribution in [0.5, 0.6) is 5.75 Å². The van der Waals surface area contributed by atoms with E-state index in [9.17, 15) is 18.7 Å². The van der Waals surface area contributed by atoms with E-state index in [1.807, 2.05) is 0 Å². The molecule has 4 rings (SSSR count). The average Bonchev–Trinajstić information content (AvgIpc) is 3.06. The van der Waals surface area contributed by atoms with Gasteiger partial charge in [0.15, 0.2) is 0 Å². The zero-order chi connectivity index (χ0) is 19.0. The first-order valence-corrected chi connectivity index (χ1v) is 8.58. The van der Waals surface area contributed by atoms with E-state index in [4.69, 9.17) is 0 Å². The number of phenols is 1. The molecule has 2 aromatic carbocycles. The van der Waals surface area contributed by atoms with Gasteiger partial charge >= 0.3 is 0 Å². The summed E-state index contributed by atoms with van der Waals surface area (Å²) in [5.41, 5.74) is 2.58. The number of aromatic nitrogens is 2. The number of hydrogen-bond acceptors (Lipinski definition) is 3. The second-order valence-corrected chi connectivity index (χ2v) is 6.54. The summed E-state index contributed by atoms with van der Waals surface area (Å²) >= 11 is 0. The van der Waals surface area contributed by atoms with Crippen molar-refractivity contribution in [2.75, 3.05) is 6.54 Å². The van der Waals surface area contributed by atoms with Gasteiger partial charge in [-0.15, -0.1) is 0 Å². The summed E-state index contributed by atoms with van der Waals surface area (Å²) in [6.07, 6.45) is 0.805. The van der Waals surface area contributed by atoms with Crippen LogP contribution in [0.2, 0.25) is 0 Å². The van der Waals surface area contributed by atoms with Crippen LogP contribution in [0.25, 0.3) is 11.4 Å². The maximum absolute atomic E-state index is 14.0. The first kappa shape index (κ1) is 17.2. The summed E-state index contributed by atoms with van der Waals surface area (Å²) in [6.45, 7) is 0.891. The number of amides is 1. The van der Waals surface area contributed by atoms with E-state index in [0.717, 1.165) is 23.0 Å². The Kier molecular flexibility index (Phi) is 4.35. The molecule has 7 heteroatoms. The monoisotopic (exact) mass is 369 g/mol. The fourth-order valence-corrected chi connectivity index (χ4v) is 3.22. The van der Waals surface area contributed by atoms with Crippen LogP contribution in [0.3, 0.4) is 0 Å². The number of aromatic amines is 1. The van der Waals surface area contributed by atoms with E-state index in [0.29, 0.717) is 25.3 Å². The molecule has 0 saturated carbocycles. The van der Waals surface area contributed by atoms with Gasteiger partial charge in [0, 0.05) is 19.0 Å². The second-order valence-electron chi connectivity index (χ2n) is 6.54. The van der Waals surface area contributed by atoms with Crippen molar-refractivity contribution < 1.29 is 18.7 Å². The third-order valence-electron chi connectivity index (χ3n) is 4.66. The van der Waals surface area contributed by atoms with Crippen molar-refractivity contribution in [1.82, 2.24) is 14.9 Å². The summed E-state index contributed by atoms with van der Waals surface area (Å²) in [4.78, 5) is 21.8. The minimum atomic E-state index is -0.679. The van der Waals surface area contributed by atoms with E-state index in [1.54, 1.807) is 29.2 Å². The lowest BCUT2D eigenvalue weighted by Gasteiger charge is -2.26. The molecule has 2 N–H and O–H groups in total. The van der Waals surface area contributed by atoms with Gasteiger partial charge in [0.25, 0.3) is 0 Å². The quantitative estimate of drug-likeness (QED) is 0.745. The van der Waals surface area contributed by atoms with Crippen molar-refractivity contribution in [2.24, 2.45) is 0 Å². The highest BCUT2D eigenvalue weighted by atomic mass is 19.1. The second kappa shape index (κ2) is 6.83. The molecule has 0 bridgehead atoms. The Balaban J connectivity index is 1.50. The van der Waals surface area contributed by atoms with E-state index in [-0.39, 0.29) is 23.6 Å². The SMILES string of the molecule is O=C(Cc1ccc(O)cc1)N1CCc2nc(-c3ccc(F)cc3F)[nH]c2C1. The van der Waals surface area contributed by atoms with Gasteiger partial charge in [-0.3, -0.25) is 4.79 Å². The highest BCUT2D eigenvalue weighted by Gasteiger charge is 2.24. The summed E-state index contributed by atoms with van der Waals surface area (Å²) in [5.74, 6) is -0.854. The van der Waals surface area contributed by atoms with Gasteiger partial charge in [-0.2, -0.15) is 0 Å². The Bertz CT molecular complexity index is 999. The van der Waals surface area contributed by atoms with E-state index >= 15 is 0 Å². The molecule has 0 fully saturated rings. The molecule has 0 atom stereocenters. The number of H-pyrrole nitrogens is 1. The number of nitrogens with one attached hydrogen (secondary N) is 1. The number of rotatable bonds is 3. The normalized spacial score (nSPS) is 13.5. The minimum Gasteiger partial charge on any atom is -0.508 e. The first-order valence-electron chi connectivity index (χ1n) is 8.58. The molecule has 2 heterocycles. The summed E-state index contributed by atoms with van der Waals surface area (Å²) in [5, 5.41) is 9.33. The Morgan fingerprint density at radius 3 is 2.70 bits per heavy atom. The Hall–Kier alpha value is -3.22. The number of halogens is 2. The molecule has 1 amide bonds. The number of nitrogens with zero attached hydrogens (tertiary/aromatic N) is 2. The van der Waals surface area contributed by atoms with Gasteiger partial charge in [-0.25, -0.2) is 13.8 Å². The standard InChI is InChI=1S/C20H17F2N3O2/c21-13-3-6-15(16(22)10-13)20-23-17-7-8-25(11-18(17)24-20)19(27)9-12-1-4-14(26)5-2-12/h1-6,10,26H,7-9,11H2,(H,23,24). The predicted octanol–water partition coefficient (Wildman–Crippen LogP) is 3.19. The molecule has 5 nitrogen and oxygen atoms in total. The van der Waals surface area contributed by atoms with Gasteiger partial charge in [-0.05, 0) is 29.8 Å². The summed E-state index contributed by atoms with van der Waals surface area (Å²) in [6, 6.07) is 9.90. The van der Waals surface area contributed by atoms with Crippen LogP contribution in [-0.2, 0) is 24.2 Å². The van der Waals surface area contributed by atoms with Gasteiger partial charge in [0.05, 0.1) is 29.9 Å². The van der Waals surface area contributed by atoms with Crippen LogP contribution in [0, 0.1) is 11.6 Å². The van der Waals surface area contributed by atoms with Gasteiger partial charge < -0.3 is 15.0 Å². The maximum atomic E-state index is 14.0. The summed E-state index contributed by atoms with van der Waals surface area (Å²) in [7, 11) is 0. The molecule has 0 aliphatic carbocycles. The van der Waals surface area contributed by atoms with Crippen LogP contribution < -0.4 is 0 Å². The molecule has 0 saturated heterocycles. The van der Waals surface area contributed by atoms with Crippen LogP contribution in [-0.4, -0.2) is 32.4 Å². The molecule has 1 aromatic heterocycles. The zero-order valence-corrected chi connectivity index (χ0v) is 14.4. The molecule has 27 heavy (non-hydrogen) atoms. The lowest BCUT2D eigenvalue weighted by molar-refractivity contribution is -0.131. The number of phenolic OH excluding ortho intramolecular Hbond substituents is 1. The number of carbonyl (C=O) groups is 1. The smallest absolute Gasteiger partial charge is 0.227 e. The number of benzene rings is 2. The topological polar surface area (TPSA) is 69.2 Å². The number of imidazole rings is 1. The molecule has 0 spiro atoms. The zero-order valence-electron chi connectivity index (χ0n) is 14.4. The van der Waals surface area contributed by atoms with Crippen molar-refractivity contribution in [3.8, 4) is 17.1 Å². The average molecular weight is 369 g/mol. The van der Waals surface area contributed by atoms with Crippen molar-refractivity contribution in [1.29, 1.82) is 0 Å². The Morgan fingerprint density at radius 1 is 1.19 bits per heavy atom. The fraction of sp³-hybridized carbons (Fsp3) is 0.200. The first-order chi connectivity index (χ1) is 13.0. The number of hydrogen-bond donors (Lipinski definition) is 2. The lowest BCUT2D eigenvalue weighted by Crippen LogP contribution is -2.37. The molecular formula is C20H17F2N3O2. The van der Waals surface area contributed by atoms with E-state index < -0.39 is 11.6 Å². The van der Waals surface area contributed by atoms with Gasteiger partial charge in [0.2, 0.25) is 5.91 Å². The lowest BCUT2D eigenvalue weighted by atomic mass is 10.1. The van der Waals surface area contributed by atoms with Crippen LogP contribution in [0.15, 0.2) is 42.5 Å². The van der Waals surface area contributed by atoms with Gasteiger partial charge in [0.1, 0.15) is 23.2 Å². The van der Waals surface area contributed by atoms with Crippen LogP contribution in [0.1, 0.15) is 17.0 Å². The van der Waals surface area contributed by atoms with Crippen molar-refractivity contribution >= 4 is 5.91 Å². The predicted molar refractivity (Wildman–Crippen MR) is 94.9 cm³/mol. The number of carbonyl (C=O) groups excluding carboxylic acids is 1. The largest absolute Gasteiger partial charge is 0.508 e. The fourth-order valence-electron chi connectivity index (χ4n) is 3.22. The number of fused-ring (bicyclic) bond motifs is 1. The maximum Gasteiger partial charge on any atom is 0.227 e. The molecule has 138 valence electrons. The Labute approximate surface area is 154 Å².